The summed E-state index contributed by atoms with van der Waals surface area (Å²) in [5, 5.41) is 15.5. The van der Waals surface area contributed by atoms with Gasteiger partial charge in [0.05, 0.1) is 31.2 Å². The summed E-state index contributed by atoms with van der Waals surface area (Å²) in [6, 6.07) is 9.65. The number of ether oxygens (including phenoxy) is 1. The van der Waals surface area contributed by atoms with Crippen molar-refractivity contribution in [1.82, 2.24) is 30.1 Å². The standard InChI is InChI=1S/C18H20N6O2/c1-26-17-5-3-2-4-14(17)15-12-16(22-21-15)18(25)23-10-6-13(7-11-23)24-19-8-9-20-24/h2-5,8-9,12-13H,6-7,10-11H2,1H3,(H,21,22). The molecule has 1 aromatic carbocycles. The lowest BCUT2D eigenvalue weighted by molar-refractivity contribution is 0.0678. The number of benzene rings is 1. The third-order valence-electron chi connectivity index (χ3n) is 4.71. The van der Waals surface area contributed by atoms with Crippen molar-refractivity contribution in [3.05, 3.63) is 48.4 Å². The van der Waals surface area contributed by atoms with Crippen molar-refractivity contribution in [2.24, 2.45) is 0 Å². The fraction of sp³-hybridized carbons (Fsp3) is 0.333. The predicted octanol–water partition coefficient (Wildman–Crippen LogP) is 2.15. The van der Waals surface area contributed by atoms with E-state index in [1.54, 1.807) is 30.4 Å². The Morgan fingerprint density at radius 2 is 1.92 bits per heavy atom. The number of aromatic nitrogens is 5. The van der Waals surface area contributed by atoms with Gasteiger partial charge in [-0.3, -0.25) is 9.89 Å². The number of para-hydroxylation sites is 1. The summed E-state index contributed by atoms with van der Waals surface area (Å²) in [7, 11) is 1.62. The molecule has 0 spiro atoms. The van der Waals surface area contributed by atoms with Crippen LogP contribution in [-0.2, 0) is 0 Å². The Morgan fingerprint density at radius 3 is 2.65 bits per heavy atom. The van der Waals surface area contributed by atoms with E-state index in [-0.39, 0.29) is 11.9 Å². The van der Waals surface area contributed by atoms with Crippen LogP contribution >= 0.6 is 0 Å². The molecule has 2 aromatic heterocycles. The molecule has 1 aliphatic rings. The molecule has 0 saturated carbocycles. The summed E-state index contributed by atoms with van der Waals surface area (Å²) < 4.78 is 5.37. The topological polar surface area (TPSA) is 88.9 Å². The average Bonchev–Trinajstić information content (AvgIpc) is 3.39. The number of methoxy groups -OCH3 is 1. The Morgan fingerprint density at radius 1 is 1.19 bits per heavy atom. The molecule has 1 amide bonds. The maximum atomic E-state index is 12.8. The van der Waals surface area contributed by atoms with Crippen molar-refractivity contribution in [2.75, 3.05) is 20.2 Å². The van der Waals surface area contributed by atoms with Crippen LogP contribution in [0.1, 0.15) is 29.4 Å². The second kappa shape index (κ2) is 6.99. The number of amides is 1. The van der Waals surface area contributed by atoms with Gasteiger partial charge in [-0.15, -0.1) is 0 Å². The Hall–Kier alpha value is -3.16. The number of aromatic amines is 1. The van der Waals surface area contributed by atoms with Crippen LogP contribution in [0.15, 0.2) is 42.7 Å². The van der Waals surface area contributed by atoms with E-state index in [4.69, 9.17) is 4.74 Å². The third-order valence-corrected chi connectivity index (χ3v) is 4.71. The highest BCUT2D eigenvalue weighted by Gasteiger charge is 2.26. The third kappa shape index (κ3) is 3.05. The van der Waals surface area contributed by atoms with Crippen molar-refractivity contribution in [3.8, 4) is 17.0 Å². The molecule has 1 fully saturated rings. The Balaban J connectivity index is 1.46. The molecule has 4 rings (SSSR count). The zero-order valence-electron chi connectivity index (χ0n) is 14.5. The van der Waals surface area contributed by atoms with Crippen molar-refractivity contribution in [3.63, 3.8) is 0 Å². The minimum atomic E-state index is -0.0366. The SMILES string of the molecule is COc1ccccc1-c1cc(C(=O)N2CCC(n3nccn3)CC2)[nH]n1. The molecule has 0 bridgehead atoms. The monoisotopic (exact) mass is 352 g/mol. The molecule has 1 aliphatic heterocycles. The second-order valence-corrected chi connectivity index (χ2v) is 6.24. The lowest BCUT2D eigenvalue weighted by atomic mass is 10.1. The van der Waals surface area contributed by atoms with Crippen LogP contribution in [0.4, 0.5) is 0 Å². The molecular weight excluding hydrogens is 332 g/mol. The fourth-order valence-electron chi connectivity index (χ4n) is 3.31. The molecular formula is C18H20N6O2. The molecule has 8 nitrogen and oxygen atoms in total. The van der Waals surface area contributed by atoms with E-state index in [1.165, 1.54) is 0 Å². The Kier molecular flexibility index (Phi) is 4.39. The highest BCUT2D eigenvalue weighted by atomic mass is 16.5. The Bertz CT molecular complexity index is 881. The predicted molar refractivity (Wildman–Crippen MR) is 94.8 cm³/mol. The summed E-state index contributed by atoms with van der Waals surface area (Å²) in [5.41, 5.74) is 2.04. The number of nitrogens with zero attached hydrogens (tertiary/aromatic N) is 5. The second-order valence-electron chi connectivity index (χ2n) is 6.24. The van der Waals surface area contributed by atoms with Crippen molar-refractivity contribution >= 4 is 5.91 Å². The first-order valence-electron chi connectivity index (χ1n) is 8.60. The van der Waals surface area contributed by atoms with Gasteiger partial charge in [-0.1, -0.05) is 12.1 Å². The summed E-state index contributed by atoms with van der Waals surface area (Å²) in [6.45, 7) is 1.35. The molecule has 1 saturated heterocycles. The van der Waals surface area contributed by atoms with Crippen molar-refractivity contribution in [1.29, 1.82) is 0 Å². The van der Waals surface area contributed by atoms with Gasteiger partial charge < -0.3 is 9.64 Å². The molecule has 0 aliphatic carbocycles. The van der Waals surface area contributed by atoms with Gasteiger partial charge in [-0.05, 0) is 31.0 Å². The average molecular weight is 352 g/mol. The molecule has 0 unspecified atom stereocenters. The summed E-state index contributed by atoms with van der Waals surface area (Å²) >= 11 is 0. The van der Waals surface area contributed by atoms with Gasteiger partial charge >= 0.3 is 0 Å². The number of nitrogens with one attached hydrogen (secondary N) is 1. The van der Waals surface area contributed by atoms with E-state index in [2.05, 4.69) is 20.4 Å². The van der Waals surface area contributed by atoms with E-state index in [1.807, 2.05) is 29.2 Å². The number of carbonyl (C=O) groups excluding carboxylic acids is 1. The molecule has 1 N–H and O–H groups in total. The van der Waals surface area contributed by atoms with E-state index in [0.29, 0.717) is 24.5 Å². The van der Waals surface area contributed by atoms with Gasteiger partial charge in [0.1, 0.15) is 11.4 Å². The summed E-state index contributed by atoms with van der Waals surface area (Å²) in [5.74, 6) is 0.691. The number of hydrogen-bond acceptors (Lipinski definition) is 5. The normalized spacial score (nSPS) is 15.2. The number of hydrogen-bond donors (Lipinski definition) is 1. The van der Waals surface area contributed by atoms with E-state index < -0.39 is 0 Å². The highest BCUT2D eigenvalue weighted by molar-refractivity contribution is 5.93. The number of rotatable bonds is 4. The van der Waals surface area contributed by atoms with Crippen LogP contribution in [0.3, 0.4) is 0 Å². The van der Waals surface area contributed by atoms with Gasteiger partial charge in [-0.25, -0.2) is 0 Å². The van der Waals surface area contributed by atoms with E-state index in [9.17, 15) is 4.79 Å². The number of piperidine rings is 1. The molecule has 26 heavy (non-hydrogen) atoms. The largest absolute Gasteiger partial charge is 0.496 e. The number of likely N-dealkylation sites (tertiary alicyclic amines) is 1. The van der Waals surface area contributed by atoms with Crippen LogP contribution in [0.2, 0.25) is 0 Å². The van der Waals surface area contributed by atoms with Gasteiger partial charge in [0.25, 0.3) is 5.91 Å². The van der Waals surface area contributed by atoms with Gasteiger partial charge in [0.2, 0.25) is 0 Å². The molecule has 134 valence electrons. The lowest BCUT2D eigenvalue weighted by Crippen LogP contribution is -2.39. The minimum absolute atomic E-state index is 0.0366. The van der Waals surface area contributed by atoms with Crippen molar-refractivity contribution in [2.45, 2.75) is 18.9 Å². The van der Waals surface area contributed by atoms with Crippen LogP contribution in [0.5, 0.6) is 5.75 Å². The zero-order valence-corrected chi connectivity index (χ0v) is 14.5. The van der Waals surface area contributed by atoms with E-state index in [0.717, 1.165) is 24.2 Å². The molecule has 0 atom stereocenters. The molecule has 3 heterocycles. The van der Waals surface area contributed by atoms with Gasteiger partial charge in [0, 0.05) is 18.7 Å². The molecule has 8 heteroatoms. The summed E-state index contributed by atoms with van der Waals surface area (Å²) in [4.78, 5) is 16.4. The minimum Gasteiger partial charge on any atom is -0.496 e. The first-order valence-corrected chi connectivity index (χ1v) is 8.60. The maximum absolute atomic E-state index is 12.8. The molecule has 0 radical (unpaired) electrons. The number of carbonyl (C=O) groups is 1. The van der Waals surface area contributed by atoms with Crippen molar-refractivity contribution < 1.29 is 9.53 Å². The first-order chi connectivity index (χ1) is 12.8. The summed E-state index contributed by atoms with van der Waals surface area (Å²) in [6.07, 6.45) is 5.05. The molecule has 3 aromatic rings. The quantitative estimate of drug-likeness (QED) is 0.777. The first kappa shape index (κ1) is 16.3. The smallest absolute Gasteiger partial charge is 0.271 e. The lowest BCUT2D eigenvalue weighted by Gasteiger charge is -2.31. The van der Waals surface area contributed by atoms with Crippen LogP contribution in [0, 0.1) is 0 Å². The Labute approximate surface area is 150 Å². The zero-order chi connectivity index (χ0) is 17.9. The van der Waals surface area contributed by atoms with Crippen LogP contribution in [0.25, 0.3) is 11.3 Å². The van der Waals surface area contributed by atoms with E-state index >= 15 is 0 Å². The van der Waals surface area contributed by atoms with Gasteiger partial charge in [-0.2, -0.15) is 20.1 Å². The highest BCUT2D eigenvalue weighted by Crippen LogP contribution is 2.29. The number of H-pyrrole nitrogens is 1. The van der Waals surface area contributed by atoms with Gasteiger partial charge in [0.15, 0.2) is 0 Å². The van der Waals surface area contributed by atoms with Crippen LogP contribution in [-0.4, -0.2) is 56.2 Å². The fourth-order valence-corrected chi connectivity index (χ4v) is 3.31. The van der Waals surface area contributed by atoms with Crippen LogP contribution < -0.4 is 4.74 Å². The maximum Gasteiger partial charge on any atom is 0.271 e.